The van der Waals surface area contributed by atoms with Crippen molar-refractivity contribution in [1.29, 1.82) is 0 Å². The third-order valence-corrected chi connectivity index (χ3v) is 3.74. The van der Waals surface area contributed by atoms with Crippen LogP contribution < -0.4 is 11.1 Å². The highest BCUT2D eigenvalue weighted by atomic mass is 16.6. The van der Waals surface area contributed by atoms with Gasteiger partial charge in [0.1, 0.15) is 0 Å². The van der Waals surface area contributed by atoms with Gasteiger partial charge in [-0.25, -0.2) is 0 Å². The molecule has 1 amide bonds. The molecule has 0 unspecified atom stereocenters. The summed E-state index contributed by atoms with van der Waals surface area (Å²) in [6.45, 7) is 6.80. The van der Waals surface area contributed by atoms with E-state index in [-0.39, 0.29) is 28.4 Å². The molecular formula is C15H24N4O3. The first kappa shape index (κ1) is 17.9. The van der Waals surface area contributed by atoms with Gasteiger partial charge in [0, 0.05) is 30.4 Å². The highest BCUT2D eigenvalue weighted by Gasteiger charge is 2.28. The van der Waals surface area contributed by atoms with E-state index in [9.17, 15) is 14.9 Å². The number of carbonyl (C=O) groups excluding carboxylic acids is 1. The van der Waals surface area contributed by atoms with Crippen LogP contribution in [-0.4, -0.2) is 42.4 Å². The van der Waals surface area contributed by atoms with E-state index in [0.29, 0.717) is 0 Å². The first-order valence-corrected chi connectivity index (χ1v) is 7.04. The molecular weight excluding hydrogens is 284 g/mol. The van der Waals surface area contributed by atoms with Crippen LogP contribution in [0.15, 0.2) is 18.2 Å². The fraction of sp³-hybridized carbons (Fsp3) is 0.533. The van der Waals surface area contributed by atoms with E-state index < -0.39 is 10.8 Å². The maximum Gasteiger partial charge on any atom is 0.270 e. The summed E-state index contributed by atoms with van der Waals surface area (Å²) in [5.74, 6) is -0.402. The maximum atomic E-state index is 12.4. The Labute approximate surface area is 130 Å². The van der Waals surface area contributed by atoms with Gasteiger partial charge < -0.3 is 16.0 Å². The Morgan fingerprint density at radius 1 is 1.45 bits per heavy atom. The summed E-state index contributed by atoms with van der Waals surface area (Å²) < 4.78 is 0. The van der Waals surface area contributed by atoms with Crippen molar-refractivity contribution in [3.63, 3.8) is 0 Å². The van der Waals surface area contributed by atoms with Crippen LogP contribution in [0.1, 0.15) is 31.1 Å². The maximum absolute atomic E-state index is 12.4. The largest absolute Gasteiger partial charge is 0.398 e. The zero-order valence-corrected chi connectivity index (χ0v) is 13.7. The Hall–Kier alpha value is -2.15. The molecule has 0 radical (unpaired) electrons. The standard InChI is InChI=1S/C15H24N4O3/c1-10(15(2,3)9-18(4)5)17-14(20)12-8-11(19(21)22)6-7-13(12)16/h6-8,10H,9,16H2,1-5H3,(H,17,20)/t10-/m0/s1. The Balaban J connectivity index is 2.93. The van der Waals surface area contributed by atoms with Crippen LogP contribution in [-0.2, 0) is 0 Å². The second-order valence-corrected chi connectivity index (χ2v) is 6.45. The van der Waals surface area contributed by atoms with Crippen molar-refractivity contribution in [2.45, 2.75) is 26.8 Å². The van der Waals surface area contributed by atoms with Gasteiger partial charge in [0.05, 0.1) is 10.5 Å². The van der Waals surface area contributed by atoms with Crippen molar-refractivity contribution in [3.8, 4) is 0 Å². The van der Waals surface area contributed by atoms with E-state index in [1.54, 1.807) is 0 Å². The lowest BCUT2D eigenvalue weighted by Crippen LogP contribution is -2.47. The molecule has 0 aromatic heterocycles. The molecule has 7 heteroatoms. The minimum atomic E-state index is -0.546. The zero-order valence-electron chi connectivity index (χ0n) is 13.7. The molecule has 0 fully saturated rings. The number of benzene rings is 1. The number of nitrogens with two attached hydrogens (primary N) is 1. The van der Waals surface area contributed by atoms with Crippen molar-refractivity contribution in [3.05, 3.63) is 33.9 Å². The molecule has 0 saturated heterocycles. The molecule has 0 aliphatic rings. The van der Waals surface area contributed by atoms with Gasteiger partial charge in [-0.3, -0.25) is 14.9 Å². The lowest BCUT2D eigenvalue weighted by atomic mass is 9.84. The second-order valence-electron chi connectivity index (χ2n) is 6.45. The number of nitro groups is 1. The highest BCUT2D eigenvalue weighted by Crippen LogP contribution is 2.23. The molecule has 122 valence electrons. The highest BCUT2D eigenvalue weighted by molar-refractivity contribution is 6.00. The minimum Gasteiger partial charge on any atom is -0.398 e. The van der Waals surface area contributed by atoms with Crippen molar-refractivity contribution in [2.75, 3.05) is 26.4 Å². The Bertz CT molecular complexity index is 570. The molecule has 1 aromatic carbocycles. The fourth-order valence-electron chi connectivity index (χ4n) is 2.28. The molecule has 3 N–H and O–H groups in total. The summed E-state index contributed by atoms with van der Waals surface area (Å²) in [6.07, 6.45) is 0. The summed E-state index contributed by atoms with van der Waals surface area (Å²) in [5.41, 5.74) is 5.80. The van der Waals surface area contributed by atoms with Gasteiger partial charge in [-0.1, -0.05) is 13.8 Å². The van der Waals surface area contributed by atoms with Gasteiger partial charge in [-0.2, -0.15) is 0 Å². The van der Waals surface area contributed by atoms with Crippen LogP contribution in [0.2, 0.25) is 0 Å². The number of anilines is 1. The minimum absolute atomic E-state index is 0.124. The van der Waals surface area contributed by atoms with Crippen LogP contribution >= 0.6 is 0 Å². The number of hydrogen-bond donors (Lipinski definition) is 2. The quantitative estimate of drug-likeness (QED) is 0.474. The zero-order chi connectivity index (χ0) is 17.1. The van der Waals surface area contributed by atoms with Gasteiger partial charge in [-0.05, 0) is 32.5 Å². The number of nitrogens with zero attached hydrogens (tertiary/aromatic N) is 2. The molecule has 0 saturated carbocycles. The number of nitro benzene ring substituents is 1. The monoisotopic (exact) mass is 308 g/mol. The number of amides is 1. The predicted octanol–water partition coefficient (Wildman–Crippen LogP) is 1.88. The van der Waals surface area contributed by atoms with Crippen LogP contribution in [0.5, 0.6) is 0 Å². The topological polar surface area (TPSA) is 101 Å². The number of carbonyl (C=O) groups is 1. The predicted molar refractivity (Wildman–Crippen MR) is 86.8 cm³/mol. The molecule has 1 atom stereocenters. The normalized spacial score (nSPS) is 13.0. The van der Waals surface area contributed by atoms with E-state index in [1.165, 1.54) is 18.2 Å². The van der Waals surface area contributed by atoms with Crippen molar-refractivity contribution in [1.82, 2.24) is 10.2 Å². The summed E-state index contributed by atoms with van der Waals surface area (Å²) >= 11 is 0. The van der Waals surface area contributed by atoms with Gasteiger partial charge in [-0.15, -0.1) is 0 Å². The summed E-state index contributed by atoms with van der Waals surface area (Å²) in [4.78, 5) is 24.7. The molecule has 0 bridgehead atoms. The second kappa shape index (κ2) is 6.74. The van der Waals surface area contributed by atoms with Gasteiger partial charge in [0.25, 0.3) is 11.6 Å². The first-order chi connectivity index (χ1) is 10.0. The summed E-state index contributed by atoms with van der Waals surface area (Å²) in [7, 11) is 3.93. The van der Waals surface area contributed by atoms with Crippen molar-refractivity contribution < 1.29 is 9.72 Å². The molecule has 0 heterocycles. The lowest BCUT2D eigenvalue weighted by molar-refractivity contribution is -0.384. The van der Waals surface area contributed by atoms with Crippen LogP contribution in [0, 0.1) is 15.5 Å². The number of non-ortho nitro benzene ring substituents is 1. The van der Waals surface area contributed by atoms with E-state index in [4.69, 9.17) is 5.73 Å². The van der Waals surface area contributed by atoms with Crippen molar-refractivity contribution >= 4 is 17.3 Å². The third-order valence-electron chi connectivity index (χ3n) is 3.74. The van der Waals surface area contributed by atoms with Gasteiger partial charge in [0.2, 0.25) is 0 Å². The number of rotatable bonds is 6. The van der Waals surface area contributed by atoms with Gasteiger partial charge >= 0.3 is 0 Å². The first-order valence-electron chi connectivity index (χ1n) is 7.04. The summed E-state index contributed by atoms with van der Waals surface area (Å²) in [6, 6.07) is 3.74. The fourth-order valence-corrected chi connectivity index (χ4v) is 2.28. The number of nitrogen functional groups attached to an aromatic ring is 1. The molecule has 7 nitrogen and oxygen atoms in total. The Morgan fingerprint density at radius 2 is 2.05 bits per heavy atom. The van der Waals surface area contributed by atoms with E-state index in [2.05, 4.69) is 19.2 Å². The Kier molecular flexibility index (Phi) is 5.48. The smallest absolute Gasteiger partial charge is 0.270 e. The van der Waals surface area contributed by atoms with Crippen LogP contribution in [0.25, 0.3) is 0 Å². The van der Waals surface area contributed by atoms with Crippen LogP contribution in [0.4, 0.5) is 11.4 Å². The molecule has 0 aliphatic heterocycles. The molecule has 0 spiro atoms. The molecule has 1 rings (SSSR count). The Morgan fingerprint density at radius 3 is 2.55 bits per heavy atom. The summed E-state index contributed by atoms with van der Waals surface area (Å²) in [5, 5.41) is 13.7. The van der Waals surface area contributed by atoms with Crippen molar-refractivity contribution in [2.24, 2.45) is 5.41 Å². The lowest BCUT2D eigenvalue weighted by Gasteiger charge is -2.34. The number of hydrogen-bond acceptors (Lipinski definition) is 5. The average Bonchev–Trinajstić information content (AvgIpc) is 2.36. The third kappa shape index (κ3) is 4.42. The SMILES string of the molecule is C[C@H](NC(=O)c1cc([N+](=O)[O-])ccc1N)C(C)(C)CN(C)C. The van der Waals surface area contributed by atoms with E-state index >= 15 is 0 Å². The van der Waals surface area contributed by atoms with E-state index in [0.717, 1.165) is 6.54 Å². The van der Waals surface area contributed by atoms with Gasteiger partial charge in [0.15, 0.2) is 0 Å². The van der Waals surface area contributed by atoms with E-state index in [1.807, 2.05) is 25.9 Å². The molecule has 0 aliphatic carbocycles. The van der Waals surface area contributed by atoms with Crippen LogP contribution in [0.3, 0.4) is 0 Å². The average molecular weight is 308 g/mol. The molecule has 22 heavy (non-hydrogen) atoms. The number of nitrogens with one attached hydrogen (secondary N) is 1. The molecule has 1 aromatic rings.